The van der Waals surface area contributed by atoms with E-state index in [2.05, 4.69) is 79.9 Å². The van der Waals surface area contributed by atoms with Gasteiger partial charge in [0.1, 0.15) is 73.2 Å². The number of hydrogen-bond donors (Lipinski definition) is 12. The SMILES string of the molecule is CCCCCCC/C=C\C/C=C\C/C=C\CCCCCCCCCCCCCCCCCCCCCCCCCCCCC(=O)NC(COC1OC(CO)C(OC2OC(CO)C(OC3OC(CO)C(O)C(O)C3O)C(O)C2O)C(O)C1O)C(O)/C=C/CC/C=C/CC/C=C/CCCCCCCCCCCCC. The maximum atomic E-state index is 13.5. The Hall–Kier alpha value is -2.77. The fourth-order valence-electron chi connectivity index (χ4n) is 14.5. The molecule has 3 aliphatic heterocycles. The van der Waals surface area contributed by atoms with Gasteiger partial charge in [-0.15, -0.1) is 0 Å². The highest BCUT2D eigenvalue weighted by Gasteiger charge is 2.54. The van der Waals surface area contributed by atoms with E-state index in [1.54, 1.807) is 6.08 Å². The number of aliphatic hydroxyl groups excluding tert-OH is 11. The van der Waals surface area contributed by atoms with Crippen molar-refractivity contribution in [2.75, 3.05) is 26.4 Å². The number of hydrogen-bond acceptors (Lipinski definition) is 18. The molecular weight excluding hydrogens is 1360 g/mol. The molecule has 3 heterocycles. The Morgan fingerprint density at radius 1 is 0.336 bits per heavy atom. The summed E-state index contributed by atoms with van der Waals surface area (Å²) in [6, 6.07) is -0.999. The van der Waals surface area contributed by atoms with Crippen LogP contribution in [-0.2, 0) is 33.2 Å². The van der Waals surface area contributed by atoms with Crippen LogP contribution in [0, 0.1) is 0 Å². The van der Waals surface area contributed by atoms with Crippen LogP contribution in [0.5, 0.6) is 0 Å². The molecule has 12 N–H and O–H groups in total. The molecule has 3 saturated heterocycles. The van der Waals surface area contributed by atoms with E-state index in [1.807, 2.05) is 6.08 Å². The Kier molecular flexibility index (Phi) is 62.3. The van der Waals surface area contributed by atoms with E-state index in [0.717, 1.165) is 57.8 Å². The largest absolute Gasteiger partial charge is 0.394 e. The summed E-state index contributed by atoms with van der Waals surface area (Å²) in [6.45, 7) is 1.73. The van der Waals surface area contributed by atoms with Gasteiger partial charge in [-0.1, -0.05) is 331 Å². The van der Waals surface area contributed by atoms with Gasteiger partial charge in [0.2, 0.25) is 5.91 Å². The molecule has 3 aliphatic rings. The lowest BCUT2D eigenvalue weighted by molar-refractivity contribution is -0.379. The molecule has 1 amide bonds. The highest BCUT2D eigenvalue weighted by atomic mass is 16.8. The van der Waals surface area contributed by atoms with E-state index in [-0.39, 0.29) is 18.9 Å². The molecular formula is C88H159NO18. The highest BCUT2D eigenvalue weighted by molar-refractivity contribution is 5.76. The number of amides is 1. The molecule has 0 aromatic carbocycles. The van der Waals surface area contributed by atoms with Crippen molar-refractivity contribution >= 4 is 5.91 Å². The van der Waals surface area contributed by atoms with Gasteiger partial charge >= 0.3 is 0 Å². The molecule has 17 unspecified atom stereocenters. The molecule has 19 heteroatoms. The molecule has 0 spiro atoms. The van der Waals surface area contributed by atoms with Crippen LogP contribution in [-0.4, -0.2) is 193 Å². The summed E-state index contributed by atoms with van der Waals surface area (Å²) in [5, 5.41) is 121. The molecule has 107 heavy (non-hydrogen) atoms. The Labute approximate surface area is 648 Å². The summed E-state index contributed by atoms with van der Waals surface area (Å²) in [4.78, 5) is 13.5. The summed E-state index contributed by atoms with van der Waals surface area (Å²) in [6.07, 6.45) is 63.5. The van der Waals surface area contributed by atoms with Crippen LogP contribution in [0.3, 0.4) is 0 Å². The third kappa shape index (κ3) is 46.9. The zero-order chi connectivity index (χ0) is 77.4. The van der Waals surface area contributed by atoms with Crippen LogP contribution in [0.1, 0.15) is 348 Å². The zero-order valence-electron chi connectivity index (χ0n) is 67.1. The predicted molar refractivity (Wildman–Crippen MR) is 429 cm³/mol. The first-order chi connectivity index (χ1) is 52.3. The first kappa shape index (κ1) is 98.4. The number of carbonyl (C=O) groups is 1. The van der Waals surface area contributed by atoms with Crippen molar-refractivity contribution in [1.29, 1.82) is 0 Å². The van der Waals surface area contributed by atoms with Gasteiger partial charge in [0.15, 0.2) is 18.9 Å². The standard InChI is InChI=1S/C88H159NO18/c1-3-5-7-9-11-13-15-17-19-21-23-25-26-27-28-29-30-31-32-33-34-35-36-37-38-39-40-41-42-43-44-46-48-50-52-54-56-58-60-62-64-66-76(94)89-71(72(93)65-63-61-59-57-55-53-51-49-47-45-24-22-20-18-16-14-12-10-8-6-4-2)70-102-86-82(100)79(97)84(74(68-91)104-86)107-88-83(101)80(98)85(75(69-92)105-88)106-87-81(99)78(96)77(95)73(67-90)103-87/h15,17,21,23,26-27,47,49,55,57,63,65,71-75,77-88,90-93,95-101H,3-14,16,18-20,22,24-25,28-46,48,50-54,56,58-62,64,66-70H2,1-2H3,(H,89,94)/b17-15-,23-21-,27-26-,49-47+,57-55+,65-63+. The summed E-state index contributed by atoms with van der Waals surface area (Å²) in [7, 11) is 0. The van der Waals surface area contributed by atoms with E-state index in [4.69, 9.17) is 28.4 Å². The van der Waals surface area contributed by atoms with Gasteiger partial charge < -0.3 is 89.9 Å². The minimum Gasteiger partial charge on any atom is -0.394 e. The first-order valence-corrected chi connectivity index (χ1v) is 43.7. The van der Waals surface area contributed by atoms with Crippen LogP contribution in [0.25, 0.3) is 0 Å². The summed E-state index contributed by atoms with van der Waals surface area (Å²) >= 11 is 0. The lowest BCUT2D eigenvalue weighted by atomic mass is 9.96. The molecule has 17 atom stereocenters. The average Bonchev–Trinajstić information content (AvgIpc) is 0.782. The predicted octanol–water partition coefficient (Wildman–Crippen LogP) is 16.0. The molecule has 0 radical (unpaired) electrons. The zero-order valence-corrected chi connectivity index (χ0v) is 67.1. The molecule has 3 fully saturated rings. The quantitative estimate of drug-likeness (QED) is 0.0199. The van der Waals surface area contributed by atoms with Gasteiger partial charge in [0.25, 0.3) is 0 Å². The van der Waals surface area contributed by atoms with E-state index in [1.165, 1.54) is 257 Å². The van der Waals surface area contributed by atoms with Crippen LogP contribution in [0.2, 0.25) is 0 Å². The Bertz CT molecular complexity index is 2210. The fourth-order valence-corrected chi connectivity index (χ4v) is 14.5. The molecule has 624 valence electrons. The smallest absolute Gasteiger partial charge is 0.220 e. The number of unbranched alkanes of at least 4 members (excludes halogenated alkanes) is 44. The second-order valence-electron chi connectivity index (χ2n) is 31.0. The Morgan fingerprint density at radius 3 is 1.00 bits per heavy atom. The maximum absolute atomic E-state index is 13.5. The third-order valence-electron chi connectivity index (χ3n) is 21.5. The minimum atomic E-state index is -1.98. The number of rotatable bonds is 70. The van der Waals surface area contributed by atoms with Gasteiger partial charge in [-0.2, -0.15) is 0 Å². The van der Waals surface area contributed by atoms with Gasteiger partial charge in [-0.05, 0) is 83.5 Å². The lowest BCUT2D eigenvalue weighted by Gasteiger charge is -2.48. The summed E-state index contributed by atoms with van der Waals surface area (Å²) in [5.41, 5.74) is 0. The third-order valence-corrected chi connectivity index (χ3v) is 21.5. The van der Waals surface area contributed by atoms with E-state index >= 15 is 0 Å². The second-order valence-corrected chi connectivity index (χ2v) is 31.0. The average molecular weight is 1520 g/mol. The number of allylic oxidation sites excluding steroid dienone is 11. The van der Waals surface area contributed by atoms with Gasteiger partial charge in [-0.3, -0.25) is 4.79 Å². The highest BCUT2D eigenvalue weighted by Crippen LogP contribution is 2.33. The van der Waals surface area contributed by atoms with Crippen molar-refractivity contribution in [3.63, 3.8) is 0 Å². The number of ether oxygens (including phenoxy) is 6. The lowest BCUT2D eigenvalue weighted by Crippen LogP contribution is -2.66. The van der Waals surface area contributed by atoms with Gasteiger partial charge in [0.05, 0.1) is 38.6 Å². The first-order valence-electron chi connectivity index (χ1n) is 43.7. The van der Waals surface area contributed by atoms with E-state index in [0.29, 0.717) is 12.8 Å². The van der Waals surface area contributed by atoms with Crippen LogP contribution >= 0.6 is 0 Å². The molecule has 0 aromatic heterocycles. The van der Waals surface area contributed by atoms with Gasteiger partial charge in [-0.25, -0.2) is 0 Å². The van der Waals surface area contributed by atoms with Crippen molar-refractivity contribution in [1.82, 2.24) is 5.32 Å². The number of aliphatic hydroxyl groups is 11. The fraction of sp³-hybridized carbons (Fsp3) is 0.852. The van der Waals surface area contributed by atoms with E-state index < -0.39 is 124 Å². The van der Waals surface area contributed by atoms with Crippen molar-refractivity contribution in [2.24, 2.45) is 0 Å². The summed E-state index contributed by atoms with van der Waals surface area (Å²) < 4.78 is 34.4. The normalized spacial score (nSPS) is 25.9. The molecule has 0 bridgehead atoms. The maximum Gasteiger partial charge on any atom is 0.220 e. The number of carbonyl (C=O) groups excluding carboxylic acids is 1. The Morgan fingerprint density at radius 2 is 0.626 bits per heavy atom. The van der Waals surface area contributed by atoms with E-state index in [9.17, 15) is 61.0 Å². The molecule has 0 aliphatic carbocycles. The van der Waals surface area contributed by atoms with Gasteiger partial charge in [0, 0.05) is 6.42 Å². The van der Waals surface area contributed by atoms with Crippen molar-refractivity contribution in [2.45, 2.75) is 452 Å². The van der Waals surface area contributed by atoms with Crippen LogP contribution in [0.15, 0.2) is 72.9 Å². The Balaban J connectivity index is 1.30. The molecule has 3 rings (SSSR count). The molecule has 0 aromatic rings. The number of nitrogens with one attached hydrogen (secondary N) is 1. The van der Waals surface area contributed by atoms with Crippen LogP contribution in [0.4, 0.5) is 0 Å². The second kappa shape index (κ2) is 67.7. The van der Waals surface area contributed by atoms with Crippen molar-refractivity contribution < 1.29 is 89.4 Å². The van der Waals surface area contributed by atoms with Crippen LogP contribution < -0.4 is 5.32 Å². The monoisotopic (exact) mass is 1520 g/mol. The molecule has 19 nitrogen and oxygen atoms in total. The summed E-state index contributed by atoms with van der Waals surface area (Å²) in [5.74, 6) is -0.284. The van der Waals surface area contributed by atoms with Crippen molar-refractivity contribution in [3.8, 4) is 0 Å². The topological polar surface area (TPSA) is 307 Å². The molecule has 0 saturated carbocycles. The van der Waals surface area contributed by atoms with Crippen molar-refractivity contribution in [3.05, 3.63) is 72.9 Å². The minimum absolute atomic E-state index is 0.234.